The summed E-state index contributed by atoms with van der Waals surface area (Å²) < 4.78 is 9.57. The number of alkyl carbamates (subject to hydrolysis) is 1. The molecule has 1 atom stereocenters. The van der Waals surface area contributed by atoms with Crippen LogP contribution in [0.2, 0.25) is 0 Å². The molecule has 1 fully saturated rings. The summed E-state index contributed by atoms with van der Waals surface area (Å²) in [5.41, 5.74) is -0.569. The Kier molecular flexibility index (Phi) is 7.77. The molecule has 39 heavy (non-hydrogen) atoms. The van der Waals surface area contributed by atoms with Gasteiger partial charge in [0.1, 0.15) is 17.4 Å². The molecule has 3 aromatic heterocycles. The molecule has 0 saturated carbocycles. The van der Waals surface area contributed by atoms with Gasteiger partial charge in [-0.2, -0.15) is 10.2 Å². The summed E-state index contributed by atoms with van der Waals surface area (Å²) in [6.07, 6.45) is 1.07. The maximum Gasteiger partial charge on any atom is 0.407 e. The van der Waals surface area contributed by atoms with Crippen LogP contribution in [0, 0.1) is 23.2 Å². The highest BCUT2D eigenvalue weighted by Crippen LogP contribution is 2.23. The predicted molar refractivity (Wildman–Crippen MR) is 145 cm³/mol. The molecule has 0 aliphatic carbocycles. The van der Waals surface area contributed by atoms with E-state index in [2.05, 4.69) is 22.1 Å². The number of nitriles is 1. The standard InChI is InChI=1S/C27H32N8O4/c1-6-7-14-34-21-22(31-24(34)33-13-9-12-19(16-33)30-25(37)39-27(2,3)4)32(5)26(38)35(23(21)36)17-20-11-8-10-18(15-28)29-20/h8,10-11,19H,9,12-14,16-17H2,1-5H3,(H,30,37)/t19-/m1/s1. The molecule has 12 nitrogen and oxygen atoms in total. The summed E-state index contributed by atoms with van der Waals surface area (Å²) in [5.74, 6) is 6.37. The minimum Gasteiger partial charge on any atom is -0.444 e. The smallest absolute Gasteiger partial charge is 0.407 e. The molecule has 0 aromatic carbocycles. The molecule has 12 heteroatoms. The van der Waals surface area contributed by atoms with E-state index in [0.717, 1.165) is 17.4 Å². The van der Waals surface area contributed by atoms with Gasteiger partial charge in [0.05, 0.1) is 18.8 Å². The maximum absolute atomic E-state index is 13.7. The first-order chi connectivity index (χ1) is 18.5. The first-order valence-electron chi connectivity index (χ1n) is 12.7. The number of nitrogens with zero attached hydrogens (tertiary/aromatic N) is 7. The molecule has 0 radical (unpaired) electrons. The van der Waals surface area contributed by atoms with Crippen LogP contribution in [0.4, 0.5) is 10.7 Å². The number of aromatic nitrogens is 5. The number of fused-ring (bicyclic) bond motifs is 1. The van der Waals surface area contributed by atoms with Crippen LogP contribution in [0.1, 0.15) is 51.9 Å². The Labute approximate surface area is 225 Å². The Bertz CT molecular complexity index is 1620. The lowest BCUT2D eigenvalue weighted by molar-refractivity contribution is 0.0499. The highest BCUT2D eigenvalue weighted by molar-refractivity contribution is 5.75. The Morgan fingerprint density at radius 2 is 2.00 bits per heavy atom. The Morgan fingerprint density at radius 1 is 1.23 bits per heavy atom. The third kappa shape index (κ3) is 5.96. The van der Waals surface area contributed by atoms with Gasteiger partial charge >= 0.3 is 11.8 Å². The van der Waals surface area contributed by atoms with Gasteiger partial charge in [-0.1, -0.05) is 12.0 Å². The number of carbonyl (C=O) groups is 1. The normalized spacial score (nSPS) is 15.4. The summed E-state index contributed by atoms with van der Waals surface area (Å²) in [6.45, 7) is 8.35. The molecular formula is C27H32N8O4. The molecule has 1 N–H and O–H groups in total. The van der Waals surface area contributed by atoms with E-state index in [1.54, 1.807) is 36.7 Å². The number of piperidine rings is 1. The quantitative estimate of drug-likeness (QED) is 0.490. The van der Waals surface area contributed by atoms with Gasteiger partial charge in [0.15, 0.2) is 11.2 Å². The van der Waals surface area contributed by atoms with E-state index >= 15 is 0 Å². The average molecular weight is 533 g/mol. The summed E-state index contributed by atoms with van der Waals surface area (Å²) in [6, 6.07) is 6.67. The number of imidazole rings is 1. The Morgan fingerprint density at radius 3 is 2.69 bits per heavy atom. The monoisotopic (exact) mass is 532 g/mol. The lowest BCUT2D eigenvalue weighted by Crippen LogP contribution is -2.49. The molecule has 1 amide bonds. The zero-order valence-corrected chi connectivity index (χ0v) is 22.8. The number of carbonyl (C=O) groups excluding carboxylic acids is 1. The summed E-state index contributed by atoms with van der Waals surface area (Å²) in [7, 11) is 1.56. The fourth-order valence-electron chi connectivity index (χ4n) is 4.59. The van der Waals surface area contributed by atoms with Gasteiger partial charge in [-0.15, -0.1) is 5.92 Å². The minimum absolute atomic E-state index is 0.0947. The number of rotatable bonds is 5. The Hall–Kier alpha value is -4.58. The second kappa shape index (κ2) is 11.0. The van der Waals surface area contributed by atoms with Gasteiger partial charge in [0, 0.05) is 26.2 Å². The van der Waals surface area contributed by atoms with Crippen LogP contribution in [-0.4, -0.2) is 54.5 Å². The predicted octanol–water partition coefficient (Wildman–Crippen LogP) is 1.73. The fourth-order valence-corrected chi connectivity index (χ4v) is 4.59. The topological polar surface area (TPSA) is 140 Å². The molecule has 1 saturated heterocycles. The molecule has 1 aliphatic rings. The largest absolute Gasteiger partial charge is 0.444 e. The summed E-state index contributed by atoms with van der Waals surface area (Å²) in [4.78, 5) is 50.3. The van der Waals surface area contributed by atoms with E-state index in [9.17, 15) is 19.6 Å². The van der Waals surface area contributed by atoms with Crippen molar-refractivity contribution in [2.45, 2.75) is 65.3 Å². The Balaban J connectivity index is 1.76. The third-order valence-electron chi connectivity index (χ3n) is 6.29. The van der Waals surface area contributed by atoms with Crippen LogP contribution >= 0.6 is 0 Å². The van der Waals surface area contributed by atoms with Gasteiger partial charge in [-0.3, -0.25) is 18.5 Å². The average Bonchev–Trinajstić information content (AvgIpc) is 3.27. The summed E-state index contributed by atoms with van der Waals surface area (Å²) >= 11 is 0. The van der Waals surface area contributed by atoms with E-state index in [1.807, 2.05) is 31.7 Å². The number of nitrogens with one attached hydrogen (secondary N) is 1. The van der Waals surface area contributed by atoms with E-state index < -0.39 is 22.9 Å². The van der Waals surface area contributed by atoms with E-state index in [-0.39, 0.29) is 36.0 Å². The molecule has 3 aromatic rings. The molecule has 4 rings (SSSR count). The third-order valence-corrected chi connectivity index (χ3v) is 6.29. The first-order valence-corrected chi connectivity index (χ1v) is 12.7. The van der Waals surface area contributed by atoms with Crippen molar-refractivity contribution in [2.75, 3.05) is 18.0 Å². The van der Waals surface area contributed by atoms with Crippen LogP contribution in [-0.2, 0) is 24.9 Å². The second-order valence-corrected chi connectivity index (χ2v) is 10.4. The van der Waals surface area contributed by atoms with Gasteiger partial charge in [-0.25, -0.2) is 14.6 Å². The van der Waals surface area contributed by atoms with Crippen molar-refractivity contribution in [2.24, 2.45) is 7.05 Å². The van der Waals surface area contributed by atoms with Crippen molar-refractivity contribution < 1.29 is 9.53 Å². The van der Waals surface area contributed by atoms with E-state index in [4.69, 9.17) is 9.72 Å². The number of anilines is 1. The summed E-state index contributed by atoms with van der Waals surface area (Å²) in [5, 5.41) is 12.1. The van der Waals surface area contributed by atoms with Crippen LogP contribution < -0.4 is 21.5 Å². The number of hydrogen-bond acceptors (Lipinski definition) is 8. The maximum atomic E-state index is 13.7. The van der Waals surface area contributed by atoms with Gasteiger partial charge in [0.2, 0.25) is 5.95 Å². The van der Waals surface area contributed by atoms with Crippen LogP contribution in [0.5, 0.6) is 0 Å². The zero-order chi connectivity index (χ0) is 28.3. The highest BCUT2D eigenvalue weighted by atomic mass is 16.6. The van der Waals surface area contributed by atoms with Crippen molar-refractivity contribution >= 4 is 23.2 Å². The van der Waals surface area contributed by atoms with Crippen molar-refractivity contribution in [3.8, 4) is 17.9 Å². The second-order valence-electron chi connectivity index (χ2n) is 10.4. The van der Waals surface area contributed by atoms with Crippen molar-refractivity contribution in [1.82, 2.24) is 29.0 Å². The molecule has 1 aliphatic heterocycles. The van der Waals surface area contributed by atoms with Crippen molar-refractivity contribution in [3.05, 3.63) is 50.4 Å². The van der Waals surface area contributed by atoms with Gasteiger partial charge < -0.3 is 15.0 Å². The first kappa shape index (κ1) is 27.5. The van der Waals surface area contributed by atoms with Crippen LogP contribution in [0.15, 0.2) is 27.8 Å². The molecule has 4 heterocycles. The molecule has 0 bridgehead atoms. The SMILES string of the molecule is CC#CCn1c(N2CCC[C@@H](NC(=O)OC(C)(C)C)C2)nc2c1c(=O)n(Cc1cccc(C#N)n1)c(=O)n2C. The number of aryl methyl sites for hydroxylation is 1. The minimum atomic E-state index is -0.610. The zero-order valence-electron chi connectivity index (χ0n) is 22.8. The number of amides is 1. The molecule has 0 spiro atoms. The lowest BCUT2D eigenvalue weighted by Gasteiger charge is -2.34. The number of hydrogen-bond donors (Lipinski definition) is 1. The van der Waals surface area contributed by atoms with Crippen LogP contribution in [0.25, 0.3) is 11.2 Å². The van der Waals surface area contributed by atoms with Crippen molar-refractivity contribution in [1.29, 1.82) is 5.26 Å². The molecule has 0 unspecified atom stereocenters. The van der Waals surface area contributed by atoms with E-state index in [1.165, 1.54) is 4.57 Å². The van der Waals surface area contributed by atoms with Gasteiger partial charge in [-0.05, 0) is 52.7 Å². The molecule has 204 valence electrons. The lowest BCUT2D eigenvalue weighted by atomic mass is 10.1. The van der Waals surface area contributed by atoms with Gasteiger partial charge in [0.25, 0.3) is 5.56 Å². The van der Waals surface area contributed by atoms with Crippen molar-refractivity contribution in [3.63, 3.8) is 0 Å². The van der Waals surface area contributed by atoms with Crippen LogP contribution in [0.3, 0.4) is 0 Å². The highest BCUT2D eigenvalue weighted by Gasteiger charge is 2.29. The fraction of sp³-hybridized carbons (Fsp3) is 0.481. The molecular weight excluding hydrogens is 500 g/mol. The number of pyridine rings is 1. The van der Waals surface area contributed by atoms with E-state index in [0.29, 0.717) is 24.7 Å². The number of ether oxygens (including phenoxy) is 1.